The van der Waals surface area contributed by atoms with Crippen LogP contribution in [0.2, 0.25) is 0 Å². The lowest BCUT2D eigenvalue weighted by molar-refractivity contribution is -0.141. The first-order valence-corrected chi connectivity index (χ1v) is 9.15. The monoisotopic (exact) mass is 357 g/mol. The number of ether oxygens (including phenoxy) is 1. The first kappa shape index (κ1) is 19.7. The predicted molar refractivity (Wildman–Crippen MR) is 96.6 cm³/mol. The van der Waals surface area contributed by atoms with Crippen molar-refractivity contribution in [3.05, 3.63) is 29.8 Å². The number of aliphatic carboxylic acids is 1. The quantitative estimate of drug-likeness (QED) is 0.559. The fraction of sp³-hybridized carbons (Fsp3) is 0.500. The van der Waals surface area contributed by atoms with Crippen LogP contribution in [0.4, 0.5) is 0 Å². The Morgan fingerprint density at radius 2 is 2.00 bits per heavy atom. The van der Waals surface area contributed by atoms with Crippen LogP contribution in [0.15, 0.2) is 24.3 Å². The minimum Gasteiger partial charge on any atom is -0.497 e. The molecule has 0 aliphatic rings. The van der Waals surface area contributed by atoms with Gasteiger partial charge in [-0.2, -0.15) is 24.4 Å². The summed E-state index contributed by atoms with van der Waals surface area (Å²) in [5.41, 5.74) is 0.981. The third kappa shape index (κ3) is 6.74. The van der Waals surface area contributed by atoms with Gasteiger partial charge in [-0.25, -0.2) is 4.79 Å². The molecule has 1 unspecified atom stereocenters. The zero-order valence-corrected chi connectivity index (χ0v) is 15.0. The van der Waals surface area contributed by atoms with Gasteiger partial charge in [0.25, 0.3) is 0 Å². The van der Waals surface area contributed by atoms with Crippen LogP contribution in [-0.2, 0) is 16.0 Å². The van der Waals surface area contributed by atoms with Crippen LogP contribution in [0, 0.1) is 5.92 Å². The first-order valence-electron chi connectivity index (χ1n) is 7.36. The molecule has 1 aromatic rings. The van der Waals surface area contributed by atoms with Crippen LogP contribution in [0.25, 0.3) is 0 Å². The number of thiol groups is 1. The van der Waals surface area contributed by atoms with Gasteiger partial charge in [0.05, 0.1) is 13.0 Å². The second-order valence-corrected chi connectivity index (χ2v) is 6.67. The normalized spacial score (nSPS) is 13.2. The molecule has 1 aromatic carbocycles. The van der Waals surface area contributed by atoms with Crippen molar-refractivity contribution in [2.45, 2.75) is 19.4 Å². The van der Waals surface area contributed by atoms with Crippen LogP contribution in [0.5, 0.6) is 5.75 Å². The largest absolute Gasteiger partial charge is 0.497 e. The van der Waals surface area contributed by atoms with Crippen molar-refractivity contribution >= 4 is 36.3 Å². The van der Waals surface area contributed by atoms with Crippen molar-refractivity contribution in [3.63, 3.8) is 0 Å². The standard InChI is InChI=1S/C16H23NO4S2/c1-3-23-10-14(16(19)20)17-15(18)12(9-22)8-11-4-6-13(21-2)7-5-11/h4-7,12,14,22H,3,8-10H2,1-2H3,(H,17,18)(H,19,20)/t12?,14-/m0/s1. The minimum absolute atomic E-state index is 0.278. The highest BCUT2D eigenvalue weighted by molar-refractivity contribution is 7.99. The smallest absolute Gasteiger partial charge is 0.327 e. The fourth-order valence-corrected chi connectivity index (χ4v) is 2.98. The van der Waals surface area contributed by atoms with E-state index < -0.39 is 12.0 Å². The van der Waals surface area contributed by atoms with Crippen molar-refractivity contribution in [1.82, 2.24) is 5.32 Å². The predicted octanol–water partition coefficient (Wildman–Crippen LogP) is 2.11. The van der Waals surface area contributed by atoms with E-state index in [-0.39, 0.29) is 11.8 Å². The zero-order valence-electron chi connectivity index (χ0n) is 13.3. The number of carboxylic acid groups (broad SMARTS) is 1. The molecule has 0 saturated carbocycles. The van der Waals surface area contributed by atoms with Crippen molar-refractivity contribution in [2.24, 2.45) is 5.92 Å². The van der Waals surface area contributed by atoms with Crippen molar-refractivity contribution < 1.29 is 19.4 Å². The Labute approximate surface area is 146 Å². The summed E-state index contributed by atoms with van der Waals surface area (Å²) >= 11 is 5.72. The van der Waals surface area contributed by atoms with E-state index >= 15 is 0 Å². The summed E-state index contributed by atoms with van der Waals surface area (Å²) in [7, 11) is 1.60. The lowest BCUT2D eigenvalue weighted by Crippen LogP contribution is -2.46. The van der Waals surface area contributed by atoms with Gasteiger partial charge >= 0.3 is 5.97 Å². The first-order chi connectivity index (χ1) is 11.0. The molecule has 1 rings (SSSR count). The maximum absolute atomic E-state index is 12.3. The number of nitrogens with one attached hydrogen (secondary N) is 1. The SMILES string of the molecule is CCSC[C@H](NC(=O)C(CS)Cc1ccc(OC)cc1)C(=O)O. The Kier molecular flexibility index (Phi) is 8.94. The van der Waals surface area contributed by atoms with Gasteiger partial charge < -0.3 is 15.2 Å². The lowest BCUT2D eigenvalue weighted by Gasteiger charge is -2.19. The summed E-state index contributed by atoms with van der Waals surface area (Å²) in [4.78, 5) is 23.5. The zero-order chi connectivity index (χ0) is 17.2. The summed E-state index contributed by atoms with van der Waals surface area (Å²) in [6.45, 7) is 1.95. The molecular formula is C16H23NO4S2. The van der Waals surface area contributed by atoms with E-state index in [4.69, 9.17) is 4.74 Å². The number of rotatable bonds is 10. The van der Waals surface area contributed by atoms with E-state index in [0.29, 0.717) is 17.9 Å². The lowest BCUT2D eigenvalue weighted by atomic mass is 9.99. The molecule has 0 bridgehead atoms. The summed E-state index contributed by atoms with van der Waals surface area (Å²) < 4.78 is 5.10. The summed E-state index contributed by atoms with van der Waals surface area (Å²) in [5.74, 6) is 0.608. The minimum atomic E-state index is -1.01. The van der Waals surface area contributed by atoms with E-state index in [2.05, 4.69) is 17.9 Å². The molecule has 0 aliphatic heterocycles. The number of hydrogen-bond donors (Lipinski definition) is 3. The van der Waals surface area contributed by atoms with Crippen LogP contribution in [0.1, 0.15) is 12.5 Å². The van der Waals surface area contributed by atoms with Crippen LogP contribution in [-0.4, -0.2) is 47.4 Å². The molecule has 0 radical (unpaired) electrons. The number of carboxylic acids is 1. The van der Waals surface area contributed by atoms with Gasteiger partial charge in [0, 0.05) is 11.5 Å². The molecule has 2 N–H and O–H groups in total. The third-order valence-electron chi connectivity index (χ3n) is 3.34. The number of benzene rings is 1. The molecule has 0 aromatic heterocycles. The molecule has 0 saturated heterocycles. The van der Waals surface area contributed by atoms with Gasteiger partial charge in [-0.3, -0.25) is 4.79 Å². The number of carbonyl (C=O) groups is 2. The Balaban J connectivity index is 2.67. The molecular weight excluding hydrogens is 334 g/mol. The third-order valence-corrected chi connectivity index (χ3v) is 4.75. The summed E-state index contributed by atoms with van der Waals surface area (Å²) in [6, 6.07) is 6.58. The summed E-state index contributed by atoms with van der Waals surface area (Å²) in [5, 5.41) is 11.8. The highest BCUT2D eigenvalue weighted by Crippen LogP contribution is 2.16. The number of amides is 1. The Hall–Kier alpha value is -1.34. The molecule has 128 valence electrons. The van der Waals surface area contributed by atoms with Gasteiger partial charge in [-0.1, -0.05) is 19.1 Å². The fourth-order valence-electron chi connectivity index (χ4n) is 1.99. The maximum atomic E-state index is 12.3. The highest BCUT2D eigenvalue weighted by Gasteiger charge is 2.24. The van der Waals surface area contributed by atoms with E-state index in [1.807, 2.05) is 31.2 Å². The van der Waals surface area contributed by atoms with Crippen molar-refractivity contribution in [1.29, 1.82) is 0 Å². The molecule has 23 heavy (non-hydrogen) atoms. The molecule has 5 nitrogen and oxygen atoms in total. The van der Waals surface area contributed by atoms with E-state index in [1.165, 1.54) is 11.8 Å². The van der Waals surface area contributed by atoms with Gasteiger partial charge in [0.1, 0.15) is 11.8 Å². The second-order valence-electron chi connectivity index (χ2n) is 4.99. The molecule has 1 amide bonds. The number of thioether (sulfide) groups is 1. The van der Waals surface area contributed by atoms with Crippen molar-refractivity contribution in [3.8, 4) is 5.75 Å². The number of methoxy groups -OCH3 is 1. The molecule has 2 atom stereocenters. The van der Waals surface area contributed by atoms with Crippen LogP contribution < -0.4 is 10.1 Å². The Morgan fingerprint density at radius 3 is 2.48 bits per heavy atom. The molecule has 7 heteroatoms. The van der Waals surface area contributed by atoms with Crippen LogP contribution in [0.3, 0.4) is 0 Å². The highest BCUT2D eigenvalue weighted by atomic mass is 32.2. The van der Waals surface area contributed by atoms with E-state index in [0.717, 1.165) is 17.1 Å². The van der Waals surface area contributed by atoms with Crippen molar-refractivity contribution in [2.75, 3.05) is 24.4 Å². The Bertz CT molecular complexity index is 507. The molecule has 0 spiro atoms. The van der Waals surface area contributed by atoms with E-state index in [1.54, 1.807) is 7.11 Å². The molecule has 0 fully saturated rings. The van der Waals surface area contributed by atoms with Gasteiger partial charge in [-0.05, 0) is 29.9 Å². The maximum Gasteiger partial charge on any atom is 0.327 e. The van der Waals surface area contributed by atoms with E-state index in [9.17, 15) is 14.7 Å². The number of carbonyl (C=O) groups excluding carboxylic acids is 1. The van der Waals surface area contributed by atoms with Crippen LogP contribution >= 0.6 is 24.4 Å². The van der Waals surface area contributed by atoms with Gasteiger partial charge in [-0.15, -0.1) is 0 Å². The van der Waals surface area contributed by atoms with Gasteiger partial charge in [0.15, 0.2) is 0 Å². The summed E-state index contributed by atoms with van der Waals surface area (Å²) in [6.07, 6.45) is 0.507. The Morgan fingerprint density at radius 1 is 1.35 bits per heavy atom. The molecule has 0 heterocycles. The number of hydrogen-bond acceptors (Lipinski definition) is 5. The molecule has 0 aliphatic carbocycles. The average molecular weight is 357 g/mol. The topological polar surface area (TPSA) is 75.6 Å². The van der Waals surface area contributed by atoms with Gasteiger partial charge in [0.2, 0.25) is 5.91 Å². The second kappa shape index (κ2) is 10.4. The average Bonchev–Trinajstić information content (AvgIpc) is 2.56.